The maximum absolute atomic E-state index is 12.8. The third-order valence-electron chi connectivity index (χ3n) is 2.93. The molecule has 2 aromatic rings. The van der Waals surface area contributed by atoms with Crippen LogP contribution >= 0.6 is 11.3 Å². The van der Waals surface area contributed by atoms with Crippen molar-refractivity contribution >= 4 is 23.2 Å². The van der Waals surface area contributed by atoms with Crippen LogP contribution in [0.2, 0.25) is 0 Å². The second-order valence-electron chi connectivity index (χ2n) is 4.53. The van der Waals surface area contributed by atoms with Crippen LogP contribution in [0.15, 0.2) is 41.8 Å². The smallest absolute Gasteiger partial charge is 0.262 e. The molecule has 0 radical (unpaired) electrons. The van der Waals surface area contributed by atoms with E-state index in [2.05, 4.69) is 10.6 Å². The first kappa shape index (κ1) is 16.1. The molecule has 0 aliphatic heterocycles. The highest BCUT2D eigenvalue weighted by molar-refractivity contribution is 7.12. The number of rotatable bonds is 6. The van der Waals surface area contributed by atoms with E-state index in [1.54, 1.807) is 29.6 Å². The lowest BCUT2D eigenvalue weighted by molar-refractivity contribution is -0.124. The van der Waals surface area contributed by atoms with Gasteiger partial charge in [0, 0.05) is 6.54 Å². The standard InChI is InChI=1S/C15H15FN2O3S/c16-11-5-3-10(4-6-11)8-17-14(20)12(9-19)18-15(21)13-2-1-7-22-13/h1-7,12,19H,8-9H2,(H,17,20)(H,18,21)/t12-/m0/s1. The van der Waals surface area contributed by atoms with Crippen molar-refractivity contribution in [1.29, 1.82) is 0 Å². The Hall–Kier alpha value is -2.25. The maximum Gasteiger partial charge on any atom is 0.262 e. The van der Waals surface area contributed by atoms with Crippen molar-refractivity contribution in [3.63, 3.8) is 0 Å². The van der Waals surface area contributed by atoms with Crippen molar-refractivity contribution in [1.82, 2.24) is 10.6 Å². The molecule has 1 aromatic heterocycles. The van der Waals surface area contributed by atoms with Gasteiger partial charge in [0.2, 0.25) is 5.91 Å². The second-order valence-corrected chi connectivity index (χ2v) is 5.48. The molecule has 0 saturated carbocycles. The Morgan fingerprint density at radius 2 is 1.95 bits per heavy atom. The summed E-state index contributed by atoms with van der Waals surface area (Å²) >= 11 is 1.25. The van der Waals surface area contributed by atoms with Gasteiger partial charge in [0.05, 0.1) is 11.5 Å². The van der Waals surface area contributed by atoms with Gasteiger partial charge in [0.25, 0.3) is 5.91 Å². The Balaban J connectivity index is 1.88. The Morgan fingerprint density at radius 1 is 1.23 bits per heavy atom. The Kier molecular flexibility index (Phi) is 5.62. The molecule has 1 atom stereocenters. The molecule has 2 rings (SSSR count). The van der Waals surface area contributed by atoms with Crippen molar-refractivity contribution in [2.75, 3.05) is 6.61 Å². The topological polar surface area (TPSA) is 78.4 Å². The molecule has 0 aliphatic rings. The van der Waals surface area contributed by atoms with Gasteiger partial charge in [0.1, 0.15) is 11.9 Å². The quantitative estimate of drug-likeness (QED) is 0.750. The van der Waals surface area contributed by atoms with E-state index in [-0.39, 0.29) is 12.4 Å². The summed E-state index contributed by atoms with van der Waals surface area (Å²) in [6.07, 6.45) is 0. The number of halogens is 1. The average Bonchev–Trinajstić information content (AvgIpc) is 3.06. The summed E-state index contributed by atoms with van der Waals surface area (Å²) in [5.41, 5.74) is 0.719. The summed E-state index contributed by atoms with van der Waals surface area (Å²) in [4.78, 5) is 24.3. The molecule has 22 heavy (non-hydrogen) atoms. The first-order chi connectivity index (χ1) is 10.6. The SMILES string of the molecule is O=C(N[C@@H](CO)C(=O)NCc1ccc(F)cc1)c1cccs1. The zero-order valence-corrected chi connectivity index (χ0v) is 12.4. The van der Waals surface area contributed by atoms with Crippen LogP contribution in [0.3, 0.4) is 0 Å². The Labute approximate surface area is 130 Å². The number of hydrogen-bond donors (Lipinski definition) is 3. The highest BCUT2D eigenvalue weighted by Gasteiger charge is 2.20. The van der Waals surface area contributed by atoms with E-state index in [1.165, 1.54) is 23.5 Å². The number of carbonyl (C=O) groups excluding carboxylic acids is 2. The average molecular weight is 322 g/mol. The molecule has 0 spiro atoms. The lowest BCUT2D eigenvalue weighted by atomic mass is 10.2. The Bertz CT molecular complexity index is 629. The number of thiophene rings is 1. The lowest BCUT2D eigenvalue weighted by Gasteiger charge is -2.15. The predicted molar refractivity (Wildman–Crippen MR) is 80.9 cm³/mol. The van der Waals surface area contributed by atoms with Crippen LogP contribution in [0.1, 0.15) is 15.2 Å². The van der Waals surface area contributed by atoms with Gasteiger partial charge in [-0.05, 0) is 29.1 Å². The fraction of sp³-hybridized carbons (Fsp3) is 0.200. The minimum absolute atomic E-state index is 0.185. The highest BCUT2D eigenvalue weighted by Crippen LogP contribution is 2.08. The molecule has 2 amide bonds. The summed E-state index contributed by atoms with van der Waals surface area (Å²) in [7, 11) is 0. The molecule has 116 valence electrons. The van der Waals surface area contributed by atoms with E-state index in [4.69, 9.17) is 0 Å². The number of hydrogen-bond acceptors (Lipinski definition) is 4. The maximum atomic E-state index is 12.8. The van der Waals surface area contributed by atoms with Gasteiger partial charge in [0.15, 0.2) is 0 Å². The predicted octanol–water partition coefficient (Wildman–Crippen LogP) is 1.29. The van der Waals surface area contributed by atoms with Gasteiger partial charge in [-0.1, -0.05) is 18.2 Å². The molecular formula is C15H15FN2O3S. The molecule has 0 unspecified atom stereocenters. The minimum Gasteiger partial charge on any atom is -0.394 e. The van der Waals surface area contributed by atoms with E-state index < -0.39 is 24.5 Å². The number of carbonyl (C=O) groups is 2. The van der Waals surface area contributed by atoms with E-state index in [9.17, 15) is 19.1 Å². The largest absolute Gasteiger partial charge is 0.394 e. The van der Waals surface area contributed by atoms with E-state index >= 15 is 0 Å². The highest BCUT2D eigenvalue weighted by atomic mass is 32.1. The number of aliphatic hydroxyl groups is 1. The number of benzene rings is 1. The van der Waals surface area contributed by atoms with Crippen LogP contribution in [0.25, 0.3) is 0 Å². The van der Waals surface area contributed by atoms with Crippen LogP contribution in [0.5, 0.6) is 0 Å². The van der Waals surface area contributed by atoms with Crippen LogP contribution in [0, 0.1) is 5.82 Å². The van der Waals surface area contributed by atoms with E-state index in [0.717, 1.165) is 5.56 Å². The number of aliphatic hydroxyl groups excluding tert-OH is 1. The third-order valence-corrected chi connectivity index (χ3v) is 3.80. The summed E-state index contributed by atoms with van der Waals surface area (Å²) in [6, 6.07) is 8.01. The van der Waals surface area contributed by atoms with Crippen LogP contribution in [0.4, 0.5) is 4.39 Å². The van der Waals surface area contributed by atoms with Crippen molar-refractivity contribution < 1.29 is 19.1 Å². The minimum atomic E-state index is -1.03. The second kappa shape index (κ2) is 7.67. The van der Waals surface area contributed by atoms with Gasteiger partial charge < -0.3 is 15.7 Å². The molecule has 0 saturated heterocycles. The zero-order valence-electron chi connectivity index (χ0n) is 11.6. The van der Waals surface area contributed by atoms with Crippen LogP contribution < -0.4 is 10.6 Å². The van der Waals surface area contributed by atoms with Gasteiger partial charge in [-0.2, -0.15) is 0 Å². The lowest BCUT2D eigenvalue weighted by Crippen LogP contribution is -2.48. The molecule has 3 N–H and O–H groups in total. The Morgan fingerprint density at radius 3 is 2.55 bits per heavy atom. The number of amides is 2. The van der Waals surface area contributed by atoms with Crippen LogP contribution in [-0.4, -0.2) is 29.6 Å². The van der Waals surface area contributed by atoms with E-state index in [1.807, 2.05) is 0 Å². The molecule has 0 aliphatic carbocycles. The van der Waals surface area contributed by atoms with E-state index in [0.29, 0.717) is 4.88 Å². The molecule has 0 bridgehead atoms. The van der Waals surface area contributed by atoms with Crippen molar-refractivity contribution in [2.24, 2.45) is 0 Å². The van der Waals surface area contributed by atoms with Crippen molar-refractivity contribution in [2.45, 2.75) is 12.6 Å². The number of nitrogens with one attached hydrogen (secondary N) is 2. The summed E-state index contributed by atoms with van der Waals surface area (Å²) < 4.78 is 12.8. The molecule has 1 heterocycles. The van der Waals surface area contributed by atoms with Gasteiger partial charge in [-0.3, -0.25) is 9.59 Å². The first-order valence-corrected chi connectivity index (χ1v) is 7.45. The molecular weight excluding hydrogens is 307 g/mol. The summed E-state index contributed by atoms with van der Waals surface area (Å²) in [6.45, 7) is -0.323. The monoisotopic (exact) mass is 322 g/mol. The summed E-state index contributed by atoms with van der Waals surface area (Å²) in [5, 5.41) is 16.1. The fourth-order valence-electron chi connectivity index (χ4n) is 1.75. The molecule has 7 heteroatoms. The zero-order chi connectivity index (χ0) is 15.9. The van der Waals surface area contributed by atoms with Crippen molar-refractivity contribution in [3.8, 4) is 0 Å². The molecule has 1 aromatic carbocycles. The summed E-state index contributed by atoms with van der Waals surface area (Å²) in [5.74, 6) is -1.27. The van der Waals surface area contributed by atoms with Crippen molar-refractivity contribution in [3.05, 3.63) is 58.0 Å². The molecule has 0 fully saturated rings. The fourth-order valence-corrected chi connectivity index (χ4v) is 2.37. The molecule has 5 nitrogen and oxygen atoms in total. The normalized spacial score (nSPS) is 11.7. The van der Waals surface area contributed by atoms with Gasteiger partial charge in [-0.25, -0.2) is 4.39 Å². The first-order valence-electron chi connectivity index (χ1n) is 6.57. The third kappa shape index (κ3) is 4.37. The van der Waals surface area contributed by atoms with Crippen LogP contribution in [-0.2, 0) is 11.3 Å². The van der Waals surface area contributed by atoms with Gasteiger partial charge in [-0.15, -0.1) is 11.3 Å². The van der Waals surface area contributed by atoms with Gasteiger partial charge >= 0.3 is 0 Å².